The highest BCUT2D eigenvalue weighted by Crippen LogP contribution is 2.67. The van der Waals surface area contributed by atoms with Crippen molar-refractivity contribution in [1.82, 2.24) is 14.7 Å². The van der Waals surface area contributed by atoms with E-state index >= 15 is 0 Å². The van der Waals surface area contributed by atoms with Crippen LogP contribution in [-0.2, 0) is 76.4 Å². The normalized spacial score (nSPS) is 40.0. The van der Waals surface area contributed by atoms with Gasteiger partial charge in [-0.3, -0.25) is 53.1 Å². The molecule has 0 aromatic carbocycles. The second-order valence-electron chi connectivity index (χ2n) is 22.9. The fourth-order valence-corrected chi connectivity index (χ4v) is 17.2. The Kier molecular flexibility index (Phi) is 13.2. The summed E-state index contributed by atoms with van der Waals surface area (Å²) in [6.07, 6.45) is 10.9. The van der Waals surface area contributed by atoms with Gasteiger partial charge >= 0.3 is 29.8 Å². The Morgan fingerprint density at radius 1 is 0.507 bits per heavy atom. The van der Waals surface area contributed by atoms with Gasteiger partial charge in [-0.05, 0) is 143 Å². The fourth-order valence-electron chi connectivity index (χ4n) is 17.2. The van der Waals surface area contributed by atoms with E-state index in [0.717, 1.165) is 51.0 Å². The number of likely N-dealkylation sites (tertiary alicyclic amines) is 3. The van der Waals surface area contributed by atoms with Crippen molar-refractivity contribution in [3.63, 3.8) is 0 Å². The lowest BCUT2D eigenvalue weighted by Crippen LogP contribution is -2.67. The Bertz CT molecular complexity index is 2500. The second kappa shape index (κ2) is 19.0. The highest BCUT2D eigenvalue weighted by Gasteiger charge is 2.72. The van der Waals surface area contributed by atoms with Crippen LogP contribution in [0.25, 0.3) is 0 Å². The Morgan fingerprint density at radius 3 is 1.36 bits per heavy atom. The van der Waals surface area contributed by atoms with Crippen LogP contribution in [0, 0.1) is 88.8 Å². The van der Waals surface area contributed by atoms with Crippen molar-refractivity contribution in [2.24, 2.45) is 88.8 Å². The van der Waals surface area contributed by atoms with Gasteiger partial charge in [0.05, 0.1) is 35.9 Å². The van der Waals surface area contributed by atoms with Crippen LogP contribution in [0.3, 0.4) is 0 Å². The van der Waals surface area contributed by atoms with Gasteiger partial charge in [0.25, 0.3) is 17.7 Å². The van der Waals surface area contributed by atoms with Gasteiger partial charge in [0, 0.05) is 31.1 Å². The smallest absolute Gasteiger partial charge is 0.333 e. The molecule has 12 aliphatic rings. The molecule has 3 heterocycles. The van der Waals surface area contributed by atoms with Crippen LogP contribution in [0.2, 0.25) is 0 Å². The second-order valence-corrected chi connectivity index (χ2v) is 22.9. The van der Waals surface area contributed by atoms with E-state index < -0.39 is 42.9 Å². The molecule has 73 heavy (non-hydrogen) atoms. The molecule has 0 aromatic rings. The van der Waals surface area contributed by atoms with Crippen molar-refractivity contribution in [3.8, 4) is 0 Å². The fraction of sp³-hybridized carbons (Fsp3) is 0.685. The van der Waals surface area contributed by atoms with Crippen molar-refractivity contribution >= 4 is 65.3 Å². The van der Waals surface area contributed by atoms with Crippen LogP contribution < -0.4 is 0 Å². The summed E-state index contributed by atoms with van der Waals surface area (Å²) in [4.78, 5) is 135. The first-order valence-corrected chi connectivity index (χ1v) is 26.1. The number of ether oxygens (including phenoxy) is 5. The molecule has 9 aliphatic carbocycles. The number of imide groups is 3. The first-order valence-electron chi connectivity index (χ1n) is 26.1. The average Bonchev–Trinajstić information content (AvgIpc) is 4.21. The Labute approximate surface area is 423 Å². The highest BCUT2D eigenvalue weighted by atomic mass is 16.6. The van der Waals surface area contributed by atoms with Gasteiger partial charge in [-0.15, -0.1) is 0 Å². The zero-order valence-electron chi connectivity index (χ0n) is 41.8. The van der Waals surface area contributed by atoms with Gasteiger partial charge in [0.2, 0.25) is 17.7 Å². The molecular weight excluding hydrogens is 947 g/mol. The van der Waals surface area contributed by atoms with E-state index in [-0.39, 0.29) is 107 Å². The molecule has 12 fully saturated rings. The van der Waals surface area contributed by atoms with Gasteiger partial charge in [-0.1, -0.05) is 26.2 Å². The molecule has 19 heteroatoms. The monoisotopic (exact) mass is 1010 g/mol. The molecule has 0 aromatic heterocycles. The third-order valence-electron chi connectivity index (χ3n) is 19.4. The minimum atomic E-state index is -0.675. The molecule has 0 radical (unpaired) electrons. The number of hydrogen-bond acceptors (Lipinski definition) is 16. The number of carbonyl (C=O) groups excluding carboxylic acids is 11. The minimum Gasteiger partial charge on any atom is -0.462 e. The summed E-state index contributed by atoms with van der Waals surface area (Å²) < 4.78 is 25.5. The molecule has 0 N–H and O–H groups in total. The molecule has 3 aliphatic heterocycles. The zero-order valence-corrected chi connectivity index (χ0v) is 41.8. The number of carbonyl (C=O) groups is 11. The number of nitrogens with zero attached hydrogens (tertiary/aromatic N) is 3. The van der Waals surface area contributed by atoms with Gasteiger partial charge < -0.3 is 23.7 Å². The quantitative estimate of drug-likeness (QED) is 0.125. The SMILES string of the molecule is C=C(C)C(=O)OCC(=O)N1C(=O)C2C3CC(C4CCCC43)C21.C=C(C)C(=O)OCC(=O)N1C(=O)C2CC3C4CC(CC4OC(C)=O)C3C21.C=CC(=O)OCC(=O)N1C(=O)C2CC3C4CC(CC4OC(C)=O)C3C21. The van der Waals surface area contributed by atoms with Crippen LogP contribution >= 0.6 is 0 Å². The van der Waals surface area contributed by atoms with E-state index in [1.165, 1.54) is 61.7 Å². The van der Waals surface area contributed by atoms with E-state index in [0.29, 0.717) is 65.1 Å². The lowest BCUT2D eigenvalue weighted by molar-refractivity contribution is -0.177. The molecule has 19 nitrogen and oxygen atoms in total. The van der Waals surface area contributed by atoms with Gasteiger partial charge in [-0.2, -0.15) is 0 Å². The summed E-state index contributed by atoms with van der Waals surface area (Å²) in [5, 5.41) is 0. The molecule has 392 valence electrons. The van der Waals surface area contributed by atoms with E-state index in [9.17, 15) is 52.7 Å². The lowest BCUT2D eigenvalue weighted by Gasteiger charge is -2.51. The molecule has 9 saturated carbocycles. The molecule has 6 bridgehead atoms. The predicted octanol–water partition coefficient (Wildman–Crippen LogP) is 3.27. The predicted molar refractivity (Wildman–Crippen MR) is 249 cm³/mol. The lowest BCUT2D eigenvalue weighted by atomic mass is 9.67. The maximum absolute atomic E-state index is 12.4. The number of esters is 5. The maximum atomic E-state index is 12.4. The highest BCUT2D eigenvalue weighted by molar-refractivity contribution is 6.05. The minimum absolute atomic E-state index is 0.0424. The summed E-state index contributed by atoms with van der Waals surface area (Å²) in [6, 6.07) is -0.0922. The number of rotatable bonds is 11. The molecular formula is C54H65N3O16. The van der Waals surface area contributed by atoms with Crippen molar-refractivity contribution in [1.29, 1.82) is 0 Å². The van der Waals surface area contributed by atoms with E-state index in [1.54, 1.807) is 0 Å². The van der Waals surface area contributed by atoms with Gasteiger partial charge in [0.1, 0.15) is 12.2 Å². The number of amides is 6. The topological polar surface area (TPSA) is 244 Å². The molecule has 12 rings (SSSR count). The summed E-state index contributed by atoms with van der Waals surface area (Å²) >= 11 is 0. The first kappa shape index (κ1) is 50.5. The summed E-state index contributed by atoms with van der Waals surface area (Å²) in [7, 11) is 0. The number of hydrogen-bond donors (Lipinski definition) is 0. The van der Waals surface area contributed by atoms with Crippen molar-refractivity contribution < 1.29 is 76.4 Å². The molecule has 3 saturated heterocycles. The summed E-state index contributed by atoms with van der Waals surface area (Å²) in [5.41, 5.74) is 0.477. The van der Waals surface area contributed by atoms with Crippen molar-refractivity contribution in [3.05, 3.63) is 37.0 Å². The first-order chi connectivity index (χ1) is 34.7. The Hall–Kier alpha value is -6.01. The van der Waals surface area contributed by atoms with Crippen LogP contribution in [0.4, 0.5) is 0 Å². The summed E-state index contributed by atoms with van der Waals surface area (Å²) in [5.74, 6) is 0.770. The number of β-lactam (4-membered cyclic amide) rings is 3. The molecule has 20 atom stereocenters. The summed E-state index contributed by atoms with van der Waals surface area (Å²) in [6.45, 7) is 14.9. The zero-order chi connectivity index (χ0) is 52.2. The van der Waals surface area contributed by atoms with E-state index in [1.807, 2.05) is 0 Å². The van der Waals surface area contributed by atoms with Gasteiger partial charge in [0.15, 0.2) is 19.8 Å². The third kappa shape index (κ3) is 8.25. The third-order valence-corrected chi connectivity index (χ3v) is 19.4. The molecule has 6 amide bonds. The Morgan fingerprint density at radius 2 is 0.932 bits per heavy atom. The van der Waals surface area contributed by atoms with E-state index in [2.05, 4.69) is 19.7 Å². The largest absolute Gasteiger partial charge is 0.462 e. The van der Waals surface area contributed by atoms with Gasteiger partial charge in [-0.25, -0.2) is 14.4 Å². The standard InChI is InChI=1S/C19H23NO6.C18H21NO6.C17H21NO4/c1-8(2)19(24)25-7-15(22)20-17-13(18(20)23)6-12-11-4-10(16(12)17)5-14(11)26-9(3)21;1-3-15(22)24-7-14(21)19-17-12(18(19)23)6-11-10-4-9(16(11)17)5-13(10)25-8(2)20;1-8(2)17(21)22-7-13(19)18-15-12-6-11(14(15)16(18)20)9-4-3-5-10(9)12/h10-14,16-17H,1,4-7H2,2-3H3;3,9-13,16-17H,1,4-7H2,2H3;9-12,14-15H,1,3-7H2,2H3. The Balaban J connectivity index is 0.000000126. The van der Waals surface area contributed by atoms with Crippen molar-refractivity contribution in [2.45, 2.75) is 122 Å². The van der Waals surface area contributed by atoms with E-state index in [4.69, 9.17) is 23.7 Å². The molecule has 20 unspecified atom stereocenters. The maximum Gasteiger partial charge on any atom is 0.333 e. The van der Waals surface area contributed by atoms with Crippen molar-refractivity contribution in [2.75, 3.05) is 19.8 Å². The molecule has 0 spiro atoms. The van der Waals surface area contributed by atoms with Crippen LogP contribution in [0.15, 0.2) is 37.0 Å². The van der Waals surface area contributed by atoms with Crippen LogP contribution in [0.5, 0.6) is 0 Å². The van der Waals surface area contributed by atoms with Crippen LogP contribution in [0.1, 0.15) is 91.9 Å². The van der Waals surface area contributed by atoms with Crippen LogP contribution in [-0.4, -0.2) is 130 Å². The number of fused-ring (bicyclic) bond motifs is 22. The average molecular weight is 1010 g/mol.